The number of carbonyl (C=O) groups is 10. The van der Waals surface area contributed by atoms with Crippen LogP contribution in [0.1, 0.15) is 146 Å². The van der Waals surface area contributed by atoms with E-state index >= 15 is 0 Å². The van der Waals surface area contributed by atoms with E-state index in [9.17, 15) is 58.2 Å². The number of carboxylic acid groups (broad SMARTS) is 1. The Morgan fingerprint density at radius 3 is 1.13 bits per heavy atom. The molecule has 0 heterocycles. The van der Waals surface area contributed by atoms with Gasteiger partial charge in [0.25, 0.3) is 0 Å². The highest BCUT2D eigenvalue weighted by Crippen LogP contribution is 2.16. The van der Waals surface area contributed by atoms with E-state index in [2.05, 4.69) is 57.8 Å². The summed E-state index contributed by atoms with van der Waals surface area (Å²) in [6.07, 6.45) is 1.27. The summed E-state index contributed by atoms with van der Waals surface area (Å²) < 4.78 is 0. The van der Waals surface area contributed by atoms with Gasteiger partial charge in [0.05, 0.1) is 12.6 Å². The molecule has 0 spiro atoms. The number of nitrogens with zero attached hydrogens (tertiary/aromatic N) is 2. The predicted octanol–water partition coefficient (Wildman–Crippen LogP) is -0.665. The first-order valence-corrected chi connectivity index (χ1v) is 29.7. The number of benzene rings is 1. The molecule has 0 saturated carbocycles. The maximum Gasteiger partial charge on any atom is 0.326 e. The van der Waals surface area contributed by atoms with Crippen LogP contribution in [-0.2, 0) is 54.4 Å². The van der Waals surface area contributed by atoms with Crippen LogP contribution in [0.3, 0.4) is 0 Å². The number of hydrogen-bond donors (Lipinski definition) is 16. The Balaban J connectivity index is 3.46. The van der Waals surface area contributed by atoms with E-state index in [1.807, 2.05) is 69.2 Å². The van der Waals surface area contributed by atoms with Crippen molar-refractivity contribution in [2.75, 3.05) is 19.6 Å². The topological polar surface area (TPSA) is 474 Å². The van der Waals surface area contributed by atoms with Crippen LogP contribution in [0.4, 0.5) is 0 Å². The van der Waals surface area contributed by atoms with Crippen LogP contribution in [0, 0.1) is 35.5 Å². The molecule has 1 aromatic carbocycles. The summed E-state index contributed by atoms with van der Waals surface area (Å²) in [5.41, 5.74) is 28.6. The lowest BCUT2D eigenvalue weighted by atomic mass is 9.98. The van der Waals surface area contributed by atoms with E-state index in [-0.39, 0.29) is 118 Å². The quantitative estimate of drug-likeness (QED) is 0.0220. The summed E-state index contributed by atoms with van der Waals surface area (Å²) in [6, 6.07) is -5.11. The van der Waals surface area contributed by atoms with Crippen molar-refractivity contribution in [2.45, 2.75) is 202 Å². The number of phenols is 1. The molecular formula is C58H102N16O12. The number of nitrogens with two attached hydrogens (primary N) is 5. The molecule has 1 aromatic rings. The van der Waals surface area contributed by atoms with Gasteiger partial charge < -0.3 is 86.7 Å². The van der Waals surface area contributed by atoms with E-state index in [0.29, 0.717) is 12.0 Å². The fourth-order valence-corrected chi connectivity index (χ4v) is 8.96. The van der Waals surface area contributed by atoms with Crippen LogP contribution in [0.15, 0.2) is 34.3 Å². The van der Waals surface area contributed by atoms with Gasteiger partial charge in [0.2, 0.25) is 53.2 Å². The minimum absolute atomic E-state index is 0.0221. The van der Waals surface area contributed by atoms with Crippen molar-refractivity contribution in [1.29, 1.82) is 0 Å². The van der Waals surface area contributed by atoms with Gasteiger partial charge in [0, 0.05) is 19.5 Å². The molecule has 0 fully saturated rings. The number of aromatic hydroxyl groups is 1. The molecule has 0 aliphatic rings. The lowest BCUT2D eigenvalue weighted by molar-refractivity contribution is -0.141. The van der Waals surface area contributed by atoms with Crippen molar-refractivity contribution in [3.05, 3.63) is 29.8 Å². The second kappa shape index (κ2) is 39.0. The summed E-state index contributed by atoms with van der Waals surface area (Å²) in [5.74, 6) is -9.47. The Labute approximate surface area is 506 Å². The maximum absolute atomic E-state index is 14.5. The van der Waals surface area contributed by atoms with Gasteiger partial charge in [-0.1, -0.05) is 95.2 Å². The van der Waals surface area contributed by atoms with Gasteiger partial charge in [0.1, 0.15) is 54.1 Å². The SMILES string of the molecule is CC(C)C[C@H](NC(=O)[C@H](CC(C)C)NC(=O)[C@H](CC(C)C)NC(=O)[C@@H](N)CCCN=C(N)N)C(=O)N[C@@H](CCCN=C(N)N)C(=O)N[C@@H](CC(C)C)C(=O)N[C@@H](CC(C)C)C(=O)N[C@H](C(=O)NCC(=O)N[C@@H](Cc1ccc(O)cc1)C(=O)O)C(C)C. The van der Waals surface area contributed by atoms with Crippen molar-refractivity contribution < 1.29 is 58.2 Å². The third-order valence-electron chi connectivity index (χ3n) is 13.3. The van der Waals surface area contributed by atoms with Crippen molar-refractivity contribution in [2.24, 2.45) is 74.2 Å². The van der Waals surface area contributed by atoms with Crippen LogP contribution in [0.25, 0.3) is 0 Å². The van der Waals surface area contributed by atoms with Gasteiger partial charge >= 0.3 is 5.97 Å². The van der Waals surface area contributed by atoms with Crippen LogP contribution in [0.2, 0.25) is 0 Å². The third-order valence-corrected chi connectivity index (χ3v) is 13.3. The summed E-state index contributed by atoms with van der Waals surface area (Å²) >= 11 is 0. The van der Waals surface area contributed by atoms with E-state index in [0.717, 1.165) is 0 Å². The van der Waals surface area contributed by atoms with E-state index in [1.165, 1.54) is 24.3 Å². The number of carboxylic acids is 1. The second-order valence-electron chi connectivity index (χ2n) is 24.3. The van der Waals surface area contributed by atoms with Crippen molar-refractivity contribution in [3.8, 4) is 5.75 Å². The largest absolute Gasteiger partial charge is 0.508 e. The van der Waals surface area contributed by atoms with Crippen LogP contribution >= 0.6 is 0 Å². The lowest BCUT2D eigenvalue weighted by Gasteiger charge is -2.30. The molecule has 0 radical (unpaired) electrons. The number of guanidine groups is 2. The number of hydrogen-bond acceptors (Lipinski definition) is 14. The Morgan fingerprint density at radius 1 is 0.442 bits per heavy atom. The number of amides is 9. The maximum atomic E-state index is 14.5. The molecule has 86 heavy (non-hydrogen) atoms. The first-order valence-electron chi connectivity index (χ1n) is 29.7. The molecule has 28 heteroatoms. The van der Waals surface area contributed by atoms with Gasteiger partial charge in [-0.05, 0) is 111 Å². The molecular weight excluding hydrogens is 1110 g/mol. The van der Waals surface area contributed by atoms with Crippen LogP contribution < -0.4 is 76.5 Å². The van der Waals surface area contributed by atoms with E-state index in [1.54, 1.807) is 13.8 Å². The molecule has 0 saturated heterocycles. The number of phenolic OH excluding ortho intramolecular Hbond substituents is 1. The molecule has 0 aliphatic heterocycles. The van der Waals surface area contributed by atoms with Gasteiger partial charge in [-0.15, -0.1) is 0 Å². The smallest absolute Gasteiger partial charge is 0.326 e. The summed E-state index contributed by atoms with van der Waals surface area (Å²) in [4.78, 5) is 145. The molecule has 486 valence electrons. The lowest BCUT2D eigenvalue weighted by Crippen LogP contribution is -2.61. The van der Waals surface area contributed by atoms with Gasteiger partial charge in [-0.2, -0.15) is 0 Å². The highest BCUT2D eigenvalue weighted by Gasteiger charge is 2.36. The number of rotatable bonds is 40. The van der Waals surface area contributed by atoms with Crippen molar-refractivity contribution in [1.82, 2.24) is 47.9 Å². The third kappa shape index (κ3) is 31.4. The minimum atomic E-state index is -1.36. The minimum Gasteiger partial charge on any atom is -0.508 e. The Kier molecular flexibility index (Phi) is 34.6. The molecule has 28 nitrogen and oxygen atoms in total. The highest BCUT2D eigenvalue weighted by atomic mass is 16.4. The zero-order chi connectivity index (χ0) is 65.5. The zero-order valence-electron chi connectivity index (χ0n) is 52.4. The fraction of sp³-hybridized carbons (Fsp3) is 0.690. The molecule has 9 atom stereocenters. The fourth-order valence-electron chi connectivity index (χ4n) is 8.96. The molecule has 0 unspecified atom stereocenters. The monoisotopic (exact) mass is 1210 g/mol. The van der Waals surface area contributed by atoms with Gasteiger partial charge in [0.15, 0.2) is 11.9 Å². The van der Waals surface area contributed by atoms with Crippen molar-refractivity contribution in [3.63, 3.8) is 0 Å². The van der Waals surface area contributed by atoms with Gasteiger partial charge in [-0.3, -0.25) is 53.1 Å². The predicted molar refractivity (Wildman–Crippen MR) is 328 cm³/mol. The summed E-state index contributed by atoms with van der Waals surface area (Å²) in [7, 11) is 0. The average Bonchev–Trinajstić information content (AvgIpc) is 2.69. The number of carbonyl (C=O) groups excluding carboxylic acids is 9. The highest BCUT2D eigenvalue weighted by molar-refractivity contribution is 5.98. The van der Waals surface area contributed by atoms with Crippen molar-refractivity contribution >= 4 is 71.1 Å². The van der Waals surface area contributed by atoms with Gasteiger partial charge in [-0.25, -0.2) is 4.79 Å². The zero-order valence-corrected chi connectivity index (χ0v) is 52.4. The Morgan fingerprint density at radius 2 is 0.779 bits per heavy atom. The Bertz CT molecular complexity index is 2430. The standard InChI is InChI=1S/C58H102N16O12/c1-30(2)23-40(69-48(77)38(59)15-13-21-64-57(60)61)51(80)72-43(26-33(7)8)53(82)71-41(24-31(3)4)50(79)68-39(16-14-22-65-58(62)63)49(78)70-42(25-32(5)6)52(81)73-44(27-34(9)10)54(83)74-47(35(11)12)55(84)66-29-46(76)67-45(56(85)86)28-36-17-19-37(75)20-18-36/h17-20,30-35,38-45,47,75H,13-16,21-29,59H2,1-12H3,(H,66,84)(H,67,76)(H,68,79)(H,69,77)(H,70,78)(H,71,82)(H,72,80)(H,73,81)(H,74,83)(H,85,86)(H4,60,61,64)(H4,62,63,65)/t38-,39-,40-,41-,42-,43-,44-,45-,47-/m0/s1. The molecule has 21 N–H and O–H groups in total. The summed E-state index contributed by atoms with van der Waals surface area (Å²) in [6.45, 7) is 21.3. The average molecular weight is 1220 g/mol. The van der Waals surface area contributed by atoms with E-state index in [4.69, 9.17) is 28.7 Å². The normalized spacial score (nSPS) is 14.5. The molecule has 0 aromatic heterocycles. The summed E-state index contributed by atoms with van der Waals surface area (Å²) in [5, 5.41) is 43.4. The molecule has 0 bridgehead atoms. The number of aliphatic carboxylic acids is 1. The van der Waals surface area contributed by atoms with Crippen LogP contribution in [-0.4, -0.2) is 155 Å². The molecule has 9 amide bonds. The van der Waals surface area contributed by atoms with Crippen LogP contribution in [0.5, 0.6) is 5.75 Å². The molecule has 1 rings (SSSR count). The first-order chi connectivity index (χ1) is 40.1. The number of aliphatic imine (C=N–C) groups is 2. The molecule has 0 aliphatic carbocycles. The number of nitrogens with one attached hydrogen (secondary N) is 9. The van der Waals surface area contributed by atoms with E-state index < -0.39 is 126 Å². The Hall–Kier alpha value is -7.78. The first kappa shape index (κ1) is 76.2. The second-order valence-corrected chi connectivity index (χ2v) is 24.3.